The lowest BCUT2D eigenvalue weighted by Gasteiger charge is -2.08. The van der Waals surface area contributed by atoms with Gasteiger partial charge in [0.05, 0.1) is 7.11 Å². The number of nitrogens with zero attached hydrogens (tertiary/aromatic N) is 1. The normalized spacial score (nSPS) is 10.4. The third kappa shape index (κ3) is 3.52. The molecule has 3 aromatic rings. The Morgan fingerprint density at radius 3 is 2.83 bits per heavy atom. The van der Waals surface area contributed by atoms with Crippen LogP contribution in [0.2, 0.25) is 0 Å². The van der Waals surface area contributed by atoms with Gasteiger partial charge in [0.15, 0.2) is 10.7 Å². The number of ether oxygens (including phenoxy) is 1. The van der Waals surface area contributed by atoms with Crippen molar-refractivity contribution in [2.24, 2.45) is 0 Å². The SMILES string of the molecule is COc1ccc2oc(-c3cccc(NC(=S)NC(C)=O)c3)nc2c1. The van der Waals surface area contributed by atoms with Crippen LogP contribution >= 0.6 is 12.2 Å². The number of fused-ring (bicyclic) bond motifs is 1. The number of aromatic nitrogens is 1. The summed E-state index contributed by atoms with van der Waals surface area (Å²) in [6, 6.07) is 12.9. The van der Waals surface area contributed by atoms with Crippen LogP contribution in [0.5, 0.6) is 5.75 Å². The van der Waals surface area contributed by atoms with Gasteiger partial charge in [-0.25, -0.2) is 4.98 Å². The lowest BCUT2D eigenvalue weighted by atomic mass is 10.2. The Balaban J connectivity index is 1.88. The Morgan fingerprint density at radius 2 is 2.08 bits per heavy atom. The summed E-state index contributed by atoms with van der Waals surface area (Å²) in [5, 5.41) is 5.70. The fourth-order valence-electron chi connectivity index (χ4n) is 2.21. The van der Waals surface area contributed by atoms with E-state index >= 15 is 0 Å². The molecule has 0 bridgehead atoms. The second kappa shape index (κ2) is 6.67. The molecule has 0 atom stereocenters. The maximum absolute atomic E-state index is 11.0. The number of carbonyl (C=O) groups is 1. The number of hydrogen-bond donors (Lipinski definition) is 2. The zero-order valence-corrected chi connectivity index (χ0v) is 13.9. The number of nitrogens with one attached hydrogen (secondary N) is 2. The maximum Gasteiger partial charge on any atom is 0.227 e. The fraction of sp³-hybridized carbons (Fsp3) is 0.118. The number of oxazole rings is 1. The molecule has 0 saturated carbocycles. The maximum atomic E-state index is 11.0. The Labute approximate surface area is 143 Å². The third-order valence-electron chi connectivity index (χ3n) is 3.25. The van der Waals surface area contributed by atoms with Crippen molar-refractivity contribution in [2.75, 3.05) is 12.4 Å². The monoisotopic (exact) mass is 341 g/mol. The molecular formula is C17H15N3O3S. The molecule has 6 nitrogen and oxygen atoms in total. The Bertz CT molecular complexity index is 920. The molecule has 7 heteroatoms. The molecule has 0 spiro atoms. The molecule has 0 fully saturated rings. The highest BCUT2D eigenvalue weighted by Gasteiger charge is 2.10. The molecule has 1 amide bonds. The number of amides is 1. The van der Waals surface area contributed by atoms with E-state index in [-0.39, 0.29) is 11.0 Å². The number of methoxy groups -OCH3 is 1. The first kappa shape index (κ1) is 15.9. The molecule has 1 heterocycles. The standard InChI is InChI=1S/C17H15N3O3S/c1-10(21)18-17(24)19-12-5-3-4-11(8-12)16-20-14-9-13(22-2)6-7-15(14)23-16/h3-9H,1-2H3,(H2,18,19,21,24). The van der Waals surface area contributed by atoms with Gasteiger partial charge >= 0.3 is 0 Å². The molecule has 2 N–H and O–H groups in total. The van der Waals surface area contributed by atoms with Gasteiger partial charge in [0, 0.05) is 24.2 Å². The van der Waals surface area contributed by atoms with Gasteiger partial charge in [0.1, 0.15) is 11.3 Å². The largest absolute Gasteiger partial charge is 0.497 e. The molecular weight excluding hydrogens is 326 g/mol. The minimum Gasteiger partial charge on any atom is -0.497 e. The smallest absolute Gasteiger partial charge is 0.227 e. The number of anilines is 1. The van der Waals surface area contributed by atoms with Crippen LogP contribution in [0.1, 0.15) is 6.92 Å². The van der Waals surface area contributed by atoms with Crippen LogP contribution < -0.4 is 15.4 Å². The van der Waals surface area contributed by atoms with Gasteiger partial charge in [0.25, 0.3) is 0 Å². The minimum atomic E-state index is -0.225. The van der Waals surface area contributed by atoms with Crippen LogP contribution in [0.25, 0.3) is 22.6 Å². The summed E-state index contributed by atoms with van der Waals surface area (Å²) in [5.74, 6) is 0.988. The first-order valence-corrected chi connectivity index (χ1v) is 7.59. The molecule has 24 heavy (non-hydrogen) atoms. The molecule has 0 aliphatic carbocycles. The molecule has 0 unspecified atom stereocenters. The minimum absolute atomic E-state index is 0.225. The average Bonchev–Trinajstić information content (AvgIpc) is 2.97. The van der Waals surface area contributed by atoms with Gasteiger partial charge < -0.3 is 19.8 Å². The van der Waals surface area contributed by atoms with Crippen molar-refractivity contribution >= 4 is 40.0 Å². The van der Waals surface area contributed by atoms with Crippen LogP contribution in [0, 0.1) is 0 Å². The molecule has 3 rings (SSSR count). The number of carbonyl (C=O) groups excluding carboxylic acids is 1. The fourth-order valence-corrected chi connectivity index (χ4v) is 2.47. The van der Waals surface area contributed by atoms with Crippen molar-refractivity contribution < 1.29 is 13.9 Å². The number of thiocarbonyl (C=S) groups is 1. The van der Waals surface area contributed by atoms with Crippen LogP contribution in [0.15, 0.2) is 46.9 Å². The second-order valence-corrected chi connectivity index (χ2v) is 5.48. The number of hydrogen-bond acceptors (Lipinski definition) is 5. The second-order valence-electron chi connectivity index (χ2n) is 5.07. The highest BCUT2D eigenvalue weighted by molar-refractivity contribution is 7.80. The van der Waals surface area contributed by atoms with E-state index in [2.05, 4.69) is 15.6 Å². The molecule has 2 aromatic carbocycles. The summed E-state index contributed by atoms with van der Waals surface area (Å²) in [7, 11) is 1.61. The van der Waals surface area contributed by atoms with E-state index in [1.807, 2.05) is 42.5 Å². The van der Waals surface area contributed by atoms with E-state index in [0.29, 0.717) is 11.5 Å². The quantitative estimate of drug-likeness (QED) is 0.712. The van der Waals surface area contributed by atoms with Gasteiger partial charge in [-0.15, -0.1) is 0 Å². The zero-order valence-electron chi connectivity index (χ0n) is 13.1. The third-order valence-corrected chi connectivity index (χ3v) is 3.46. The lowest BCUT2D eigenvalue weighted by Crippen LogP contribution is -2.32. The van der Waals surface area contributed by atoms with Crippen molar-refractivity contribution in [3.63, 3.8) is 0 Å². The molecule has 1 aromatic heterocycles. The zero-order chi connectivity index (χ0) is 17.1. The molecule has 0 aliphatic rings. The summed E-state index contributed by atoms with van der Waals surface area (Å²) in [6.45, 7) is 1.40. The van der Waals surface area contributed by atoms with Gasteiger partial charge in [0.2, 0.25) is 11.8 Å². The summed E-state index contributed by atoms with van der Waals surface area (Å²) < 4.78 is 11.0. The van der Waals surface area contributed by atoms with Gasteiger partial charge in [-0.2, -0.15) is 0 Å². The first-order chi connectivity index (χ1) is 11.5. The van der Waals surface area contributed by atoms with Crippen LogP contribution in [0.3, 0.4) is 0 Å². The van der Waals surface area contributed by atoms with E-state index in [9.17, 15) is 4.79 Å². The van der Waals surface area contributed by atoms with Crippen LogP contribution in [0.4, 0.5) is 5.69 Å². The highest BCUT2D eigenvalue weighted by Crippen LogP contribution is 2.28. The van der Waals surface area contributed by atoms with E-state index < -0.39 is 0 Å². The van der Waals surface area contributed by atoms with E-state index in [1.165, 1.54) is 6.92 Å². The number of benzene rings is 2. The topological polar surface area (TPSA) is 76.4 Å². The van der Waals surface area contributed by atoms with Gasteiger partial charge in [-0.3, -0.25) is 4.79 Å². The lowest BCUT2D eigenvalue weighted by molar-refractivity contribution is -0.117. The molecule has 0 radical (unpaired) electrons. The number of rotatable bonds is 3. The molecule has 0 saturated heterocycles. The average molecular weight is 341 g/mol. The van der Waals surface area contributed by atoms with E-state index in [4.69, 9.17) is 21.4 Å². The van der Waals surface area contributed by atoms with E-state index in [0.717, 1.165) is 22.5 Å². The Hall–Kier alpha value is -2.93. The Morgan fingerprint density at radius 1 is 1.25 bits per heavy atom. The summed E-state index contributed by atoms with van der Waals surface area (Å²) in [6.07, 6.45) is 0. The summed E-state index contributed by atoms with van der Waals surface area (Å²) in [5.41, 5.74) is 2.92. The predicted octanol–water partition coefficient (Wildman–Crippen LogP) is 3.34. The van der Waals surface area contributed by atoms with Gasteiger partial charge in [-0.05, 0) is 42.5 Å². The molecule has 122 valence electrons. The Kier molecular flexibility index (Phi) is 4.43. The van der Waals surface area contributed by atoms with Crippen molar-refractivity contribution in [1.82, 2.24) is 10.3 Å². The van der Waals surface area contributed by atoms with Crippen molar-refractivity contribution in [3.05, 3.63) is 42.5 Å². The summed E-state index contributed by atoms with van der Waals surface area (Å²) >= 11 is 5.06. The van der Waals surface area contributed by atoms with Gasteiger partial charge in [-0.1, -0.05) is 6.07 Å². The molecule has 0 aliphatic heterocycles. The van der Waals surface area contributed by atoms with Crippen LogP contribution in [-0.4, -0.2) is 23.1 Å². The van der Waals surface area contributed by atoms with E-state index in [1.54, 1.807) is 7.11 Å². The predicted molar refractivity (Wildman–Crippen MR) is 96.0 cm³/mol. The van der Waals surface area contributed by atoms with Crippen molar-refractivity contribution in [3.8, 4) is 17.2 Å². The summed E-state index contributed by atoms with van der Waals surface area (Å²) in [4.78, 5) is 15.5. The first-order valence-electron chi connectivity index (χ1n) is 7.19. The van der Waals surface area contributed by atoms with Crippen molar-refractivity contribution in [2.45, 2.75) is 6.92 Å². The van der Waals surface area contributed by atoms with Crippen LogP contribution in [-0.2, 0) is 4.79 Å². The van der Waals surface area contributed by atoms with Crippen molar-refractivity contribution in [1.29, 1.82) is 0 Å². The highest BCUT2D eigenvalue weighted by atomic mass is 32.1.